The summed E-state index contributed by atoms with van der Waals surface area (Å²) in [4.78, 5) is 10.7. The maximum atomic E-state index is 6.01. The summed E-state index contributed by atoms with van der Waals surface area (Å²) in [5.74, 6) is 0.449. The molecule has 19 heavy (non-hydrogen) atoms. The fourth-order valence-corrected chi connectivity index (χ4v) is 2.09. The van der Waals surface area contributed by atoms with Gasteiger partial charge in [0.05, 0.1) is 5.69 Å². The highest BCUT2D eigenvalue weighted by atomic mass is 15.2. The van der Waals surface area contributed by atoms with Gasteiger partial charge in [-0.05, 0) is 30.3 Å². The van der Waals surface area contributed by atoms with E-state index in [-0.39, 0.29) is 0 Å². The van der Waals surface area contributed by atoms with E-state index in [1.807, 2.05) is 53.9 Å². The maximum Gasteiger partial charge on any atom is 0.207 e. The van der Waals surface area contributed by atoms with Gasteiger partial charge in [-0.1, -0.05) is 6.07 Å². The van der Waals surface area contributed by atoms with Gasteiger partial charge < -0.3 is 10.6 Å². The smallest absolute Gasteiger partial charge is 0.207 e. The van der Waals surface area contributed by atoms with Crippen LogP contribution in [-0.2, 0) is 0 Å². The minimum absolute atomic E-state index is 0.449. The number of rotatable bonds is 2. The second kappa shape index (κ2) is 4.28. The lowest BCUT2D eigenvalue weighted by molar-refractivity contribution is 1.07. The normalized spacial score (nSPS) is 10.8. The highest BCUT2D eigenvalue weighted by Crippen LogP contribution is 2.23. The third-order valence-electron chi connectivity index (χ3n) is 3.05. The Morgan fingerprint density at radius 2 is 2.00 bits per heavy atom. The molecule has 5 heteroatoms. The van der Waals surface area contributed by atoms with Crippen LogP contribution in [0.2, 0.25) is 0 Å². The molecule has 0 bridgehead atoms. The first-order chi connectivity index (χ1) is 9.16. The second-order valence-corrected chi connectivity index (χ2v) is 4.57. The van der Waals surface area contributed by atoms with Gasteiger partial charge in [0.2, 0.25) is 5.95 Å². The van der Waals surface area contributed by atoms with E-state index in [0.717, 1.165) is 22.5 Å². The Bertz CT molecular complexity index is 730. The van der Waals surface area contributed by atoms with Crippen LogP contribution >= 0.6 is 0 Å². The fourth-order valence-electron chi connectivity index (χ4n) is 2.09. The van der Waals surface area contributed by atoms with Gasteiger partial charge in [0.1, 0.15) is 5.52 Å². The molecule has 0 amide bonds. The monoisotopic (exact) mass is 253 g/mol. The fraction of sp³-hybridized carbons (Fsp3) is 0.143. The van der Waals surface area contributed by atoms with Crippen molar-refractivity contribution < 1.29 is 0 Å². The molecule has 0 aliphatic carbocycles. The van der Waals surface area contributed by atoms with Gasteiger partial charge in [0, 0.05) is 26.0 Å². The van der Waals surface area contributed by atoms with Gasteiger partial charge in [-0.3, -0.25) is 4.57 Å². The van der Waals surface area contributed by atoms with Crippen LogP contribution in [0.3, 0.4) is 0 Å². The Kier molecular flexibility index (Phi) is 2.59. The summed E-state index contributed by atoms with van der Waals surface area (Å²) < 4.78 is 1.86. The quantitative estimate of drug-likeness (QED) is 0.759. The first-order valence-electron chi connectivity index (χ1n) is 6.03. The molecule has 3 aromatic rings. The van der Waals surface area contributed by atoms with E-state index in [0.29, 0.717) is 5.95 Å². The van der Waals surface area contributed by atoms with Crippen LogP contribution in [0.25, 0.3) is 16.9 Å². The molecule has 5 nitrogen and oxygen atoms in total. The lowest BCUT2D eigenvalue weighted by atomic mass is 10.2. The second-order valence-electron chi connectivity index (χ2n) is 4.57. The van der Waals surface area contributed by atoms with Crippen molar-refractivity contribution in [1.82, 2.24) is 14.5 Å². The van der Waals surface area contributed by atoms with Crippen molar-refractivity contribution in [3.8, 4) is 5.69 Å². The number of hydrogen-bond donors (Lipinski definition) is 1. The van der Waals surface area contributed by atoms with Gasteiger partial charge in [0.15, 0.2) is 5.65 Å². The van der Waals surface area contributed by atoms with Crippen LogP contribution in [0.15, 0.2) is 42.6 Å². The molecule has 3 rings (SSSR count). The van der Waals surface area contributed by atoms with Crippen LogP contribution in [0.1, 0.15) is 0 Å². The summed E-state index contributed by atoms with van der Waals surface area (Å²) in [5, 5.41) is 0. The zero-order chi connectivity index (χ0) is 13.4. The molecule has 2 N–H and O–H groups in total. The van der Waals surface area contributed by atoms with E-state index >= 15 is 0 Å². The molecule has 2 heterocycles. The summed E-state index contributed by atoms with van der Waals surface area (Å²) in [6, 6.07) is 11.9. The van der Waals surface area contributed by atoms with E-state index in [2.05, 4.69) is 16.0 Å². The number of fused-ring (bicyclic) bond motifs is 1. The Morgan fingerprint density at radius 3 is 2.79 bits per heavy atom. The maximum absolute atomic E-state index is 6.01. The summed E-state index contributed by atoms with van der Waals surface area (Å²) in [5.41, 5.74) is 9.65. The molecule has 2 aromatic heterocycles. The molecule has 0 atom stereocenters. The molecular weight excluding hydrogens is 238 g/mol. The van der Waals surface area contributed by atoms with Gasteiger partial charge in [-0.15, -0.1) is 0 Å². The van der Waals surface area contributed by atoms with E-state index in [9.17, 15) is 0 Å². The minimum atomic E-state index is 0.449. The van der Waals surface area contributed by atoms with Gasteiger partial charge in [-0.2, -0.15) is 0 Å². The van der Waals surface area contributed by atoms with Gasteiger partial charge >= 0.3 is 0 Å². The average Bonchev–Trinajstić information content (AvgIpc) is 2.74. The molecule has 0 spiro atoms. The number of hydrogen-bond acceptors (Lipinski definition) is 4. The summed E-state index contributed by atoms with van der Waals surface area (Å²) in [6.45, 7) is 0. The molecular formula is C14H15N5. The van der Waals surface area contributed by atoms with Crippen molar-refractivity contribution >= 4 is 22.8 Å². The third kappa shape index (κ3) is 1.89. The van der Waals surface area contributed by atoms with Crippen molar-refractivity contribution in [2.24, 2.45) is 0 Å². The van der Waals surface area contributed by atoms with E-state index in [4.69, 9.17) is 5.73 Å². The first kappa shape index (κ1) is 11.5. The molecule has 1 aromatic carbocycles. The molecule has 0 fully saturated rings. The molecule has 0 radical (unpaired) electrons. The van der Waals surface area contributed by atoms with Gasteiger partial charge in [-0.25, -0.2) is 9.97 Å². The molecule has 0 aliphatic heterocycles. The highest BCUT2D eigenvalue weighted by molar-refractivity contribution is 5.77. The number of benzene rings is 1. The van der Waals surface area contributed by atoms with Crippen molar-refractivity contribution in [1.29, 1.82) is 0 Å². The standard InChI is InChI=1S/C14H15N5/c1-18(2)10-5-3-6-11(9-10)19-13-12(17-14(19)15)7-4-8-16-13/h3-9H,1-2H3,(H2,15,17). The average molecular weight is 253 g/mol. The predicted octanol–water partition coefficient (Wildman–Crippen LogP) is 2.07. The van der Waals surface area contributed by atoms with E-state index < -0.39 is 0 Å². The number of anilines is 2. The topological polar surface area (TPSA) is 60.0 Å². The van der Waals surface area contributed by atoms with E-state index in [1.165, 1.54) is 0 Å². The summed E-state index contributed by atoms with van der Waals surface area (Å²) >= 11 is 0. The molecule has 96 valence electrons. The van der Waals surface area contributed by atoms with Gasteiger partial charge in [0.25, 0.3) is 0 Å². The van der Waals surface area contributed by atoms with Crippen LogP contribution in [-0.4, -0.2) is 28.6 Å². The van der Waals surface area contributed by atoms with Crippen molar-refractivity contribution in [3.05, 3.63) is 42.6 Å². The number of imidazole rings is 1. The number of aromatic nitrogens is 3. The Balaban J connectivity index is 2.24. The van der Waals surface area contributed by atoms with Crippen LogP contribution in [0, 0.1) is 0 Å². The SMILES string of the molecule is CN(C)c1cccc(-n2c(N)nc3cccnc32)c1. The predicted molar refractivity (Wildman–Crippen MR) is 77.6 cm³/mol. The largest absolute Gasteiger partial charge is 0.378 e. The van der Waals surface area contributed by atoms with Crippen molar-refractivity contribution in [2.45, 2.75) is 0 Å². The van der Waals surface area contributed by atoms with Crippen molar-refractivity contribution in [2.75, 3.05) is 24.7 Å². The number of nitrogen functional groups attached to an aromatic ring is 1. The Labute approximate surface area is 111 Å². The highest BCUT2D eigenvalue weighted by Gasteiger charge is 2.11. The molecule has 0 saturated heterocycles. The molecule has 0 saturated carbocycles. The number of nitrogens with zero attached hydrogens (tertiary/aromatic N) is 4. The van der Waals surface area contributed by atoms with Crippen LogP contribution < -0.4 is 10.6 Å². The van der Waals surface area contributed by atoms with Crippen LogP contribution in [0.4, 0.5) is 11.6 Å². The van der Waals surface area contributed by atoms with Crippen molar-refractivity contribution in [3.63, 3.8) is 0 Å². The Hall–Kier alpha value is -2.56. The zero-order valence-corrected chi connectivity index (χ0v) is 10.9. The minimum Gasteiger partial charge on any atom is -0.378 e. The third-order valence-corrected chi connectivity index (χ3v) is 3.05. The first-order valence-corrected chi connectivity index (χ1v) is 6.03. The lowest BCUT2D eigenvalue weighted by Crippen LogP contribution is -2.09. The van der Waals surface area contributed by atoms with E-state index in [1.54, 1.807) is 6.20 Å². The van der Waals surface area contributed by atoms with Crippen LogP contribution in [0.5, 0.6) is 0 Å². The Morgan fingerprint density at radius 1 is 1.16 bits per heavy atom. The number of pyridine rings is 1. The number of nitrogens with two attached hydrogens (primary N) is 1. The molecule has 0 aliphatic rings. The zero-order valence-electron chi connectivity index (χ0n) is 10.9. The summed E-state index contributed by atoms with van der Waals surface area (Å²) in [7, 11) is 4.01. The molecule has 0 unspecified atom stereocenters. The lowest BCUT2D eigenvalue weighted by Gasteiger charge is -2.14. The summed E-state index contributed by atoms with van der Waals surface area (Å²) in [6.07, 6.45) is 1.75.